The normalized spacial score (nSPS) is 24.9. The molecule has 1 aromatic rings. The van der Waals surface area contributed by atoms with E-state index < -0.39 is 9.84 Å². The van der Waals surface area contributed by atoms with Crippen molar-refractivity contribution >= 4 is 9.84 Å². The van der Waals surface area contributed by atoms with Crippen LogP contribution in [0.15, 0.2) is 23.1 Å². The van der Waals surface area contributed by atoms with Gasteiger partial charge >= 0.3 is 0 Å². The van der Waals surface area contributed by atoms with Gasteiger partial charge in [0.2, 0.25) is 0 Å². The van der Waals surface area contributed by atoms with E-state index in [0.717, 1.165) is 24.0 Å². The van der Waals surface area contributed by atoms with Crippen LogP contribution in [-0.2, 0) is 21.8 Å². The number of hydrogen-bond donors (Lipinski definition) is 1. The van der Waals surface area contributed by atoms with Crippen molar-refractivity contribution in [2.45, 2.75) is 29.7 Å². The zero-order valence-corrected chi connectivity index (χ0v) is 9.18. The first-order chi connectivity index (χ1) is 7.01. The third kappa shape index (κ3) is 1.32. The molecule has 0 saturated heterocycles. The molecule has 1 aliphatic carbocycles. The van der Waals surface area contributed by atoms with Crippen LogP contribution in [0.2, 0.25) is 0 Å². The minimum Gasteiger partial charge on any atom is -0.321 e. The molecule has 0 radical (unpaired) electrons. The molecule has 0 unspecified atom stereocenters. The van der Waals surface area contributed by atoms with E-state index in [1.807, 2.05) is 12.1 Å². The van der Waals surface area contributed by atoms with Crippen molar-refractivity contribution < 1.29 is 8.42 Å². The van der Waals surface area contributed by atoms with E-state index in [2.05, 4.69) is 0 Å². The van der Waals surface area contributed by atoms with Crippen molar-refractivity contribution in [3.05, 3.63) is 29.3 Å². The molecule has 1 heterocycles. The first-order valence-electron chi connectivity index (χ1n) is 5.16. The predicted octanol–water partition coefficient (Wildman–Crippen LogP) is 0.964. The Morgan fingerprint density at radius 2 is 2.00 bits per heavy atom. The molecule has 4 heteroatoms. The SMILES string of the molecule is NC1(c2ccc3c(c2)S(=O)(=O)CC3)CC1. The molecular formula is C11H13NO2S. The number of hydrogen-bond acceptors (Lipinski definition) is 3. The molecule has 2 N–H and O–H groups in total. The molecule has 15 heavy (non-hydrogen) atoms. The summed E-state index contributed by atoms with van der Waals surface area (Å²) in [4.78, 5) is 0.511. The maximum absolute atomic E-state index is 11.7. The van der Waals surface area contributed by atoms with Gasteiger partial charge in [-0.2, -0.15) is 0 Å². The molecule has 0 bridgehead atoms. The minimum atomic E-state index is -3.02. The average Bonchev–Trinajstić information content (AvgIpc) is 2.87. The molecule has 1 aliphatic heterocycles. The lowest BCUT2D eigenvalue weighted by molar-refractivity contribution is 0.599. The molecule has 1 saturated carbocycles. The van der Waals surface area contributed by atoms with Gasteiger partial charge in [0.25, 0.3) is 0 Å². The van der Waals surface area contributed by atoms with Crippen LogP contribution in [0, 0.1) is 0 Å². The second kappa shape index (κ2) is 2.62. The van der Waals surface area contributed by atoms with Crippen molar-refractivity contribution in [1.29, 1.82) is 0 Å². The third-order valence-electron chi connectivity index (χ3n) is 3.41. The third-order valence-corrected chi connectivity index (χ3v) is 5.20. The molecule has 0 aromatic heterocycles. The Hall–Kier alpha value is -0.870. The fourth-order valence-corrected chi connectivity index (χ4v) is 3.72. The highest BCUT2D eigenvalue weighted by Gasteiger charge is 2.41. The molecular weight excluding hydrogens is 210 g/mol. The zero-order chi connectivity index (χ0) is 10.7. The standard InChI is InChI=1S/C11H13NO2S/c12-11(4-5-11)9-2-1-8-3-6-15(13,14)10(8)7-9/h1-2,7H,3-6,12H2. The topological polar surface area (TPSA) is 60.2 Å². The summed E-state index contributed by atoms with van der Waals surface area (Å²) in [5.74, 6) is 0.253. The lowest BCUT2D eigenvalue weighted by atomic mass is 10.0. The maximum Gasteiger partial charge on any atom is 0.178 e. The van der Waals surface area contributed by atoms with Crippen molar-refractivity contribution in [1.82, 2.24) is 0 Å². The van der Waals surface area contributed by atoms with E-state index in [1.54, 1.807) is 6.07 Å². The van der Waals surface area contributed by atoms with E-state index in [9.17, 15) is 8.42 Å². The highest BCUT2D eigenvalue weighted by molar-refractivity contribution is 7.91. The molecule has 3 nitrogen and oxygen atoms in total. The second-order valence-corrected chi connectivity index (χ2v) is 6.63. The van der Waals surface area contributed by atoms with E-state index >= 15 is 0 Å². The van der Waals surface area contributed by atoms with Gasteiger partial charge in [0.1, 0.15) is 0 Å². The summed E-state index contributed by atoms with van der Waals surface area (Å²) in [6, 6.07) is 5.68. The molecule has 0 spiro atoms. The molecule has 0 amide bonds. The Kier molecular flexibility index (Phi) is 1.64. The Morgan fingerprint density at radius 3 is 2.67 bits per heavy atom. The first-order valence-corrected chi connectivity index (χ1v) is 6.82. The Morgan fingerprint density at radius 1 is 1.27 bits per heavy atom. The van der Waals surface area contributed by atoms with Gasteiger partial charge in [-0.25, -0.2) is 8.42 Å². The van der Waals surface area contributed by atoms with E-state index in [4.69, 9.17) is 5.73 Å². The van der Waals surface area contributed by atoms with E-state index in [1.165, 1.54) is 0 Å². The highest BCUT2D eigenvalue weighted by Crippen LogP contribution is 2.44. The Balaban J connectivity index is 2.18. The van der Waals surface area contributed by atoms with E-state index in [-0.39, 0.29) is 11.3 Å². The molecule has 2 aliphatic rings. The largest absolute Gasteiger partial charge is 0.321 e. The number of rotatable bonds is 1. The van der Waals surface area contributed by atoms with Crippen LogP contribution in [0.25, 0.3) is 0 Å². The highest BCUT2D eigenvalue weighted by atomic mass is 32.2. The van der Waals surface area contributed by atoms with Crippen LogP contribution in [0.4, 0.5) is 0 Å². The fourth-order valence-electron chi connectivity index (χ4n) is 2.14. The zero-order valence-electron chi connectivity index (χ0n) is 8.36. The smallest absolute Gasteiger partial charge is 0.178 e. The number of aryl methyl sites for hydroxylation is 1. The van der Waals surface area contributed by atoms with Gasteiger partial charge in [-0.1, -0.05) is 12.1 Å². The van der Waals surface area contributed by atoms with Gasteiger partial charge in [0, 0.05) is 5.54 Å². The van der Waals surface area contributed by atoms with Gasteiger partial charge in [-0.15, -0.1) is 0 Å². The quantitative estimate of drug-likeness (QED) is 0.771. The van der Waals surface area contributed by atoms with Gasteiger partial charge in [0.15, 0.2) is 9.84 Å². The summed E-state index contributed by atoms with van der Waals surface area (Å²) < 4.78 is 23.4. The lowest BCUT2D eigenvalue weighted by Gasteiger charge is -2.10. The predicted molar refractivity (Wildman–Crippen MR) is 57.3 cm³/mol. The monoisotopic (exact) mass is 223 g/mol. The molecule has 3 rings (SSSR count). The van der Waals surface area contributed by atoms with Crippen molar-refractivity contribution in [2.75, 3.05) is 5.75 Å². The minimum absolute atomic E-state index is 0.243. The van der Waals surface area contributed by atoms with Crippen LogP contribution < -0.4 is 5.73 Å². The van der Waals surface area contributed by atoms with Gasteiger partial charge in [-0.05, 0) is 36.5 Å². The van der Waals surface area contributed by atoms with Crippen LogP contribution in [-0.4, -0.2) is 14.2 Å². The molecule has 0 atom stereocenters. The van der Waals surface area contributed by atoms with Crippen LogP contribution in [0.1, 0.15) is 24.0 Å². The second-order valence-electron chi connectivity index (χ2n) is 4.55. The molecule has 1 fully saturated rings. The first kappa shape index (κ1) is 9.36. The summed E-state index contributed by atoms with van der Waals surface area (Å²) >= 11 is 0. The summed E-state index contributed by atoms with van der Waals surface area (Å²) in [6.07, 6.45) is 2.58. The van der Waals surface area contributed by atoms with Crippen LogP contribution >= 0.6 is 0 Å². The molecule has 1 aromatic carbocycles. The van der Waals surface area contributed by atoms with Gasteiger partial charge < -0.3 is 5.73 Å². The number of sulfone groups is 1. The number of nitrogens with two attached hydrogens (primary N) is 1. The summed E-state index contributed by atoms with van der Waals surface area (Å²) in [6.45, 7) is 0. The van der Waals surface area contributed by atoms with Crippen molar-refractivity contribution in [3.8, 4) is 0 Å². The summed E-state index contributed by atoms with van der Waals surface area (Å²) in [5.41, 5.74) is 7.74. The van der Waals surface area contributed by atoms with Crippen LogP contribution in [0.3, 0.4) is 0 Å². The lowest BCUT2D eigenvalue weighted by Crippen LogP contribution is -2.18. The molecule has 80 valence electrons. The van der Waals surface area contributed by atoms with E-state index in [0.29, 0.717) is 11.3 Å². The number of fused-ring (bicyclic) bond motifs is 1. The Bertz CT molecular complexity index is 530. The maximum atomic E-state index is 11.7. The summed E-state index contributed by atoms with van der Waals surface area (Å²) in [5, 5.41) is 0. The average molecular weight is 223 g/mol. The van der Waals surface area contributed by atoms with Crippen molar-refractivity contribution in [3.63, 3.8) is 0 Å². The summed E-state index contributed by atoms with van der Waals surface area (Å²) in [7, 11) is -3.02. The fraction of sp³-hybridized carbons (Fsp3) is 0.455. The van der Waals surface area contributed by atoms with Gasteiger partial charge in [0.05, 0.1) is 10.6 Å². The van der Waals surface area contributed by atoms with Gasteiger partial charge in [-0.3, -0.25) is 0 Å². The van der Waals surface area contributed by atoms with Crippen LogP contribution in [0.5, 0.6) is 0 Å². The number of benzene rings is 1. The van der Waals surface area contributed by atoms with Crippen molar-refractivity contribution in [2.24, 2.45) is 5.73 Å². The Labute approximate surface area is 89.2 Å².